The van der Waals surface area contributed by atoms with Crippen LogP contribution < -0.4 is 0 Å². The van der Waals surface area contributed by atoms with Gasteiger partial charge in [-0.3, -0.25) is 0 Å². The molecule has 0 saturated carbocycles. The Labute approximate surface area is 115 Å². The van der Waals surface area contributed by atoms with Crippen LogP contribution in [0.1, 0.15) is 31.7 Å². The first-order valence-electron chi connectivity index (χ1n) is 5.27. The second kappa shape index (κ2) is 6.25. The Morgan fingerprint density at radius 3 is 2.56 bits per heavy atom. The lowest BCUT2D eigenvalue weighted by Gasteiger charge is -2.27. The summed E-state index contributed by atoms with van der Waals surface area (Å²) in [5.74, 6) is 0. The molecule has 0 saturated heterocycles. The Hall–Kier alpha value is 0.240. The number of unbranched alkanes of at least 4 members (excludes halogenated alkanes) is 1. The van der Waals surface area contributed by atoms with Crippen LogP contribution in [0.3, 0.4) is 0 Å². The first-order valence-corrected chi connectivity index (χ1v) is 7.15. The summed E-state index contributed by atoms with van der Waals surface area (Å²) in [6.45, 7) is 2.10. The van der Waals surface area contributed by atoms with Gasteiger partial charge in [-0.1, -0.05) is 65.0 Å². The zero-order valence-electron chi connectivity index (χ0n) is 9.14. The number of halogens is 3. The van der Waals surface area contributed by atoms with Crippen LogP contribution in [0, 0.1) is 0 Å². The predicted molar refractivity (Wildman–Crippen MR) is 73.7 cm³/mol. The largest absolute Gasteiger partial charge is 0.384 e. The minimum absolute atomic E-state index is 0.474. The molecular formula is C12H15BrCl2O. The van der Waals surface area contributed by atoms with E-state index in [9.17, 15) is 5.11 Å². The van der Waals surface area contributed by atoms with Gasteiger partial charge in [0.1, 0.15) is 5.60 Å². The molecule has 1 nitrogen and oxygen atoms in total. The Kier molecular flexibility index (Phi) is 5.58. The lowest BCUT2D eigenvalue weighted by molar-refractivity contribution is 0.0520. The quantitative estimate of drug-likeness (QED) is 0.773. The van der Waals surface area contributed by atoms with Crippen molar-refractivity contribution in [3.63, 3.8) is 0 Å². The van der Waals surface area contributed by atoms with Crippen molar-refractivity contribution in [2.75, 3.05) is 5.33 Å². The molecule has 1 aromatic rings. The fourth-order valence-corrected chi connectivity index (χ4v) is 2.78. The molecule has 0 bridgehead atoms. The van der Waals surface area contributed by atoms with Crippen LogP contribution >= 0.6 is 39.1 Å². The minimum Gasteiger partial charge on any atom is -0.384 e. The molecule has 90 valence electrons. The average molecular weight is 326 g/mol. The van der Waals surface area contributed by atoms with E-state index in [0.717, 1.165) is 18.4 Å². The summed E-state index contributed by atoms with van der Waals surface area (Å²) in [7, 11) is 0. The molecular weight excluding hydrogens is 311 g/mol. The third kappa shape index (κ3) is 3.36. The first kappa shape index (κ1) is 14.3. The van der Waals surface area contributed by atoms with Gasteiger partial charge in [-0.15, -0.1) is 0 Å². The third-order valence-electron chi connectivity index (χ3n) is 2.60. The van der Waals surface area contributed by atoms with Crippen molar-refractivity contribution in [3.8, 4) is 0 Å². The lowest BCUT2D eigenvalue weighted by atomic mass is 9.90. The molecule has 16 heavy (non-hydrogen) atoms. The van der Waals surface area contributed by atoms with Gasteiger partial charge in [0.25, 0.3) is 0 Å². The van der Waals surface area contributed by atoms with Gasteiger partial charge < -0.3 is 5.11 Å². The van der Waals surface area contributed by atoms with Crippen LogP contribution in [0.2, 0.25) is 10.0 Å². The molecule has 1 rings (SSSR count). The van der Waals surface area contributed by atoms with E-state index in [4.69, 9.17) is 23.2 Å². The molecule has 0 aliphatic heterocycles. The average Bonchev–Trinajstić information content (AvgIpc) is 2.26. The van der Waals surface area contributed by atoms with Gasteiger partial charge in [-0.25, -0.2) is 0 Å². The molecule has 0 amide bonds. The summed E-state index contributed by atoms with van der Waals surface area (Å²) in [4.78, 5) is 0. The van der Waals surface area contributed by atoms with Crippen molar-refractivity contribution in [2.45, 2.75) is 31.8 Å². The fraction of sp³-hybridized carbons (Fsp3) is 0.500. The number of rotatable bonds is 5. The lowest BCUT2D eigenvalue weighted by Crippen LogP contribution is -2.28. The smallest absolute Gasteiger partial charge is 0.101 e. The molecule has 0 heterocycles. The maximum Gasteiger partial charge on any atom is 0.101 e. The highest BCUT2D eigenvalue weighted by Crippen LogP contribution is 2.35. The van der Waals surface area contributed by atoms with Gasteiger partial charge in [0.05, 0.1) is 0 Å². The van der Waals surface area contributed by atoms with Crippen molar-refractivity contribution >= 4 is 39.1 Å². The SMILES string of the molecule is CCCCC(O)(CBr)c1ccc(Cl)cc1Cl. The van der Waals surface area contributed by atoms with Crippen molar-refractivity contribution in [1.82, 2.24) is 0 Å². The van der Waals surface area contributed by atoms with Crippen LogP contribution in [0.5, 0.6) is 0 Å². The molecule has 0 radical (unpaired) electrons. The maximum atomic E-state index is 10.5. The van der Waals surface area contributed by atoms with Gasteiger partial charge in [0.2, 0.25) is 0 Å². The standard InChI is InChI=1S/C12H15BrCl2O/c1-2-3-6-12(16,8-13)10-5-4-9(14)7-11(10)15/h4-5,7,16H,2-3,6,8H2,1H3. The second-order valence-electron chi connectivity index (χ2n) is 3.89. The van der Waals surface area contributed by atoms with Crippen molar-refractivity contribution < 1.29 is 5.11 Å². The van der Waals surface area contributed by atoms with Crippen LogP contribution in [-0.4, -0.2) is 10.4 Å². The van der Waals surface area contributed by atoms with E-state index in [1.807, 2.05) is 0 Å². The van der Waals surface area contributed by atoms with Gasteiger partial charge in [0, 0.05) is 20.9 Å². The highest BCUT2D eigenvalue weighted by atomic mass is 79.9. The normalized spacial score (nSPS) is 14.8. The van der Waals surface area contributed by atoms with Gasteiger partial charge in [0.15, 0.2) is 0 Å². The van der Waals surface area contributed by atoms with E-state index in [2.05, 4.69) is 22.9 Å². The highest BCUT2D eigenvalue weighted by molar-refractivity contribution is 9.09. The third-order valence-corrected chi connectivity index (χ3v) is 4.07. The number of benzene rings is 1. The van der Waals surface area contributed by atoms with Gasteiger partial charge >= 0.3 is 0 Å². The maximum absolute atomic E-state index is 10.5. The summed E-state index contributed by atoms with van der Waals surface area (Å²) < 4.78 is 0. The summed E-state index contributed by atoms with van der Waals surface area (Å²) in [6.07, 6.45) is 2.69. The molecule has 1 atom stereocenters. The second-order valence-corrected chi connectivity index (χ2v) is 5.30. The van der Waals surface area contributed by atoms with Gasteiger partial charge in [-0.05, 0) is 18.6 Å². The molecule has 0 spiro atoms. The Morgan fingerprint density at radius 2 is 2.06 bits per heavy atom. The van der Waals surface area contributed by atoms with E-state index in [1.54, 1.807) is 18.2 Å². The molecule has 1 N–H and O–H groups in total. The molecule has 1 unspecified atom stereocenters. The molecule has 0 fully saturated rings. The Bertz CT molecular complexity index is 357. The molecule has 1 aromatic carbocycles. The number of alkyl halides is 1. The zero-order chi connectivity index (χ0) is 12.2. The monoisotopic (exact) mass is 324 g/mol. The van der Waals surface area contributed by atoms with E-state index in [0.29, 0.717) is 21.8 Å². The summed E-state index contributed by atoms with van der Waals surface area (Å²) in [5, 5.41) is 12.1. The van der Waals surface area contributed by atoms with Crippen molar-refractivity contribution in [3.05, 3.63) is 33.8 Å². The highest BCUT2D eigenvalue weighted by Gasteiger charge is 2.29. The molecule has 0 aliphatic rings. The summed E-state index contributed by atoms with van der Waals surface area (Å²) in [6, 6.07) is 5.21. The number of hydrogen-bond acceptors (Lipinski definition) is 1. The topological polar surface area (TPSA) is 20.2 Å². The van der Waals surface area contributed by atoms with Crippen LogP contribution in [0.25, 0.3) is 0 Å². The van der Waals surface area contributed by atoms with Crippen LogP contribution in [-0.2, 0) is 5.60 Å². The number of aliphatic hydroxyl groups is 1. The van der Waals surface area contributed by atoms with Crippen molar-refractivity contribution in [2.24, 2.45) is 0 Å². The van der Waals surface area contributed by atoms with Crippen LogP contribution in [0.15, 0.2) is 18.2 Å². The molecule has 4 heteroatoms. The van der Waals surface area contributed by atoms with E-state index in [1.165, 1.54) is 0 Å². The number of hydrogen-bond donors (Lipinski definition) is 1. The fourth-order valence-electron chi connectivity index (χ4n) is 1.61. The molecule has 0 aliphatic carbocycles. The zero-order valence-corrected chi connectivity index (χ0v) is 12.2. The Balaban J connectivity index is 3.02. The minimum atomic E-state index is -0.905. The van der Waals surface area contributed by atoms with E-state index in [-0.39, 0.29) is 0 Å². The van der Waals surface area contributed by atoms with Crippen molar-refractivity contribution in [1.29, 1.82) is 0 Å². The Morgan fingerprint density at radius 1 is 1.38 bits per heavy atom. The summed E-state index contributed by atoms with van der Waals surface area (Å²) >= 11 is 15.3. The van der Waals surface area contributed by atoms with E-state index < -0.39 is 5.60 Å². The van der Waals surface area contributed by atoms with Crippen LogP contribution in [0.4, 0.5) is 0 Å². The molecule has 0 aromatic heterocycles. The summed E-state index contributed by atoms with van der Waals surface area (Å²) in [5.41, 5.74) is -0.165. The van der Waals surface area contributed by atoms with Gasteiger partial charge in [-0.2, -0.15) is 0 Å². The first-order chi connectivity index (χ1) is 7.53. The van der Waals surface area contributed by atoms with E-state index >= 15 is 0 Å². The predicted octanol–water partition coefficient (Wildman–Crippen LogP) is 4.77.